The van der Waals surface area contributed by atoms with Crippen molar-refractivity contribution in [1.29, 1.82) is 0 Å². The Labute approximate surface area is 168 Å². The lowest BCUT2D eigenvalue weighted by Gasteiger charge is -2.17. The summed E-state index contributed by atoms with van der Waals surface area (Å²) in [5, 5.41) is 2.60. The molecule has 29 heavy (non-hydrogen) atoms. The van der Waals surface area contributed by atoms with Gasteiger partial charge in [0.05, 0.1) is 27.0 Å². The standard InChI is InChI=1S/C21H23NO7/c1-12(23)14-8-6-7-9-16(14)22-20(24)13(2)29-21(25)15-10-18(27-4)19(28-5)11-17(15)26-3/h6-11,13H,1-5H3,(H,22,24). The minimum absolute atomic E-state index is 0.0777. The molecule has 0 aromatic heterocycles. The molecule has 0 aliphatic rings. The maximum Gasteiger partial charge on any atom is 0.342 e. The van der Waals surface area contributed by atoms with Crippen LogP contribution in [0, 0.1) is 0 Å². The summed E-state index contributed by atoms with van der Waals surface area (Å²) in [5.74, 6) is -0.639. The number of anilines is 1. The van der Waals surface area contributed by atoms with E-state index in [1.165, 1.54) is 47.3 Å². The number of nitrogens with one attached hydrogen (secondary N) is 1. The van der Waals surface area contributed by atoms with Crippen LogP contribution in [-0.4, -0.2) is 45.1 Å². The van der Waals surface area contributed by atoms with E-state index in [0.717, 1.165) is 0 Å². The van der Waals surface area contributed by atoms with Gasteiger partial charge in [-0.3, -0.25) is 9.59 Å². The second kappa shape index (κ2) is 9.59. The minimum Gasteiger partial charge on any atom is -0.496 e. The topological polar surface area (TPSA) is 100 Å². The van der Waals surface area contributed by atoms with Gasteiger partial charge in [-0.05, 0) is 26.0 Å². The van der Waals surface area contributed by atoms with Crippen LogP contribution in [0.5, 0.6) is 17.2 Å². The number of hydrogen-bond acceptors (Lipinski definition) is 7. The Balaban J connectivity index is 2.18. The predicted molar refractivity (Wildman–Crippen MR) is 106 cm³/mol. The normalized spacial score (nSPS) is 11.2. The second-order valence-electron chi connectivity index (χ2n) is 6.05. The van der Waals surface area contributed by atoms with Gasteiger partial charge in [-0.15, -0.1) is 0 Å². The van der Waals surface area contributed by atoms with Crippen LogP contribution in [0.2, 0.25) is 0 Å². The highest BCUT2D eigenvalue weighted by Gasteiger charge is 2.24. The first-order valence-electron chi connectivity index (χ1n) is 8.74. The smallest absolute Gasteiger partial charge is 0.342 e. The monoisotopic (exact) mass is 401 g/mol. The van der Waals surface area contributed by atoms with Crippen LogP contribution in [0.4, 0.5) is 5.69 Å². The maximum absolute atomic E-state index is 12.6. The molecular weight excluding hydrogens is 378 g/mol. The highest BCUT2D eigenvalue weighted by Crippen LogP contribution is 2.35. The average molecular weight is 401 g/mol. The lowest BCUT2D eigenvalue weighted by atomic mass is 10.1. The minimum atomic E-state index is -1.12. The number of esters is 1. The zero-order valence-electron chi connectivity index (χ0n) is 16.9. The molecule has 0 saturated carbocycles. The lowest BCUT2D eigenvalue weighted by molar-refractivity contribution is -0.123. The average Bonchev–Trinajstić information content (AvgIpc) is 2.72. The van der Waals surface area contributed by atoms with E-state index in [1.54, 1.807) is 24.3 Å². The largest absolute Gasteiger partial charge is 0.496 e. The Bertz CT molecular complexity index is 923. The van der Waals surface area contributed by atoms with Crippen LogP contribution in [0.1, 0.15) is 34.6 Å². The number of rotatable bonds is 8. The number of amides is 1. The fourth-order valence-corrected chi connectivity index (χ4v) is 2.60. The summed E-state index contributed by atoms with van der Waals surface area (Å²) < 4.78 is 20.9. The van der Waals surface area contributed by atoms with Crippen LogP contribution >= 0.6 is 0 Å². The van der Waals surface area contributed by atoms with Crippen molar-refractivity contribution in [3.63, 3.8) is 0 Å². The van der Waals surface area contributed by atoms with Crippen LogP contribution in [0.15, 0.2) is 36.4 Å². The van der Waals surface area contributed by atoms with Gasteiger partial charge in [0.2, 0.25) is 0 Å². The quantitative estimate of drug-likeness (QED) is 0.536. The molecule has 2 aromatic rings. The van der Waals surface area contributed by atoms with Gasteiger partial charge >= 0.3 is 5.97 Å². The van der Waals surface area contributed by atoms with E-state index in [4.69, 9.17) is 18.9 Å². The summed E-state index contributed by atoms with van der Waals surface area (Å²) in [6, 6.07) is 9.48. The maximum atomic E-state index is 12.6. The third kappa shape index (κ3) is 5.04. The van der Waals surface area contributed by atoms with Crippen molar-refractivity contribution < 1.29 is 33.3 Å². The van der Waals surface area contributed by atoms with Crippen molar-refractivity contribution in [1.82, 2.24) is 0 Å². The van der Waals surface area contributed by atoms with Crippen molar-refractivity contribution in [3.8, 4) is 17.2 Å². The van der Waals surface area contributed by atoms with E-state index < -0.39 is 18.0 Å². The molecule has 0 spiro atoms. The molecule has 0 fully saturated rings. The molecule has 8 nitrogen and oxygen atoms in total. The van der Waals surface area contributed by atoms with E-state index >= 15 is 0 Å². The van der Waals surface area contributed by atoms with Crippen LogP contribution in [0.3, 0.4) is 0 Å². The molecule has 2 aromatic carbocycles. The molecule has 2 rings (SSSR count). The summed E-state index contributed by atoms with van der Waals surface area (Å²) in [4.78, 5) is 36.7. The number of hydrogen-bond donors (Lipinski definition) is 1. The highest BCUT2D eigenvalue weighted by atomic mass is 16.6. The fourth-order valence-electron chi connectivity index (χ4n) is 2.60. The number of benzene rings is 2. The van der Waals surface area contributed by atoms with E-state index in [0.29, 0.717) is 22.7 Å². The number of carbonyl (C=O) groups is 3. The van der Waals surface area contributed by atoms with Gasteiger partial charge < -0.3 is 24.3 Å². The van der Waals surface area contributed by atoms with Crippen molar-refractivity contribution in [3.05, 3.63) is 47.5 Å². The summed E-state index contributed by atoms with van der Waals surface area (Å²) in [5.41, 5.74) is 0.784. The molecular formula is C21H23NO7. The first-order valence-corrected chi connectivity index (χ1v) is 8.74. The van der Waals surface area contributed by atoms with Gasteiger partial charge in [0, 0.05) is 17.7 Å². The highest BCUT2D eigenvalue weighted by molar-refractivity contribution is 6.05. The van der Waals surface area contributed by atoms with Gasteiger partial charge in [0.1, 0.15) is 11.3 Å². The van der Waals surface area contributed by atoms with Crippen LogP contribution in [0.25, 0.3) is 0 Å². The van der Waals surface area contributed by atoms with Gasteiger partial charge in [0.15, 0.2) is 23.4 Å². The summed E-state index contributed by atoms with van der Waals surface area (Å²) in [6.07, 6.45) is -1.12. The molecule has 154 valence electrons. The predicted octanol–water partition coefficient (Wildman–Crippen LogP) is 3.10. The Morgan fingerprint density at radius 1 is 0.862 bits per heavy atom. The Morgan fingerprint density at radius 2 is 1.45 bits per heavy atom. The fraction of sp³-hybridized carbons (Fsp3) is 0.286. The lowest BCUT2D eigenvalue weighted by Crippen LogP contribution is -2.30. The van der Waals surface area contributed by atoms with Crippen molar-refractivity contribution in [2.24, 2.45) is 0 Å². The SMILES string of the molecule is COc1cc(OC)c(C(=O)OC(C)C(=O)Nc2ccccc2C(C)=O)cc1OC. The molecule has 1 amide bonds. The summed E-state index contributed by atoms with van der Waals surface area (Å²) >= 11 is 0. The number of Topliss-reactive ketones (excluding diaryl/α,β-unsaturated/α-hetero) is 1. The number of ether oxygens (including phenoxy) is 4. The van der Waals surface area contributed by atoms with Gasteiger partial charge in [-0.2, -0.15) is 0 Å². The molecule has 1 N–H and O–H groups in total. The number of ketones is 1. The van der Waals surface area contributed by atoms with Gasteiger partial charge in [0.25, 0.3) is 5.91 Å². The van der Waals surface area contributed by atoms with E-state index in [-0.39, 0.29) is 17.1 Å². The third-order valence-electron chi connectivity index (χ3n) is 4.14. The van der Waals surface area contributed by atoms with Crippen molar-refractivity contribution in [2.45, 2.75) is 20.0 Å². The summed E-state index contributed by atoms with van der Waals surface area (Å²) in [6.45, 7) is 2.83. The van der Waals surface area contributed by atoms with E-state index in [1.807, 2.05) is 0 Å². The molecule has 8 heteroatoms. The zero-order chi connectivity index (χ0) is 21.6. The van der Waals surface area contributed by atoms with Crippen LogP contribution in [-0.2, 0) is 9.53 Å². The van der Waals surface area contributed by atoms with Crippen LogP contribution < -0.4 is 19.5 Å². The number of methoxy groups -OCH3 is 3. The molecule has 1 atom stereocenters. The second-order valence-corrected chi connectivity index (χ2v) is 6.05. The molecule has 0 aliphatic heterocycles. The van der Waals surface area contributed by atoms with Gasteiger partial charge in [-0.25, -0.2) is 4.79 Å². The van der Waals surface area contributed by atoms with E-state index in [9.17, 15) is 14.4 Å². The third-order valence-corrected chi connectivity index (χ3v) is 4.14. The molecule has 0 aliphatic carbocycles. The first kappa shape index (κ1) is 21.7. The molecule has 0 bridgehead atoms. The first-order chi connectivity index (χ1) is 13.8. The number of para-hydroxylation sites is 1. The molecule has 1 unspecified atom stereocenters. The Hall–Kier alpha value is -3.55. The van der Waals surface area contributed by atoms with Crippen molar-refractivity contribution in [2.75, 3.05) is 26.6 Å². The number of carbonyl (C=O) groups excluding carboxylic acids is 3. The Kier molecular flexibility index (Phi) is 7.19. The zero-order valence-corrected chi connectivity index (χ0v) is 16.9. The van der Waals surface area contributed by atoms with Gasteiger partial charge in [-0.1, -0.05) is 12.1 Å². The summed E-state index contributed by atoms with van der Waals surface area (Å²) in [7, 11) is 4.29. The molecule has 0 radical (unpaired) electrons. The van der Waals surface area contributed by atoms with E-state index in [2.05, 4.69) is 5.32 Å². The molecule has 0 saturated heterocycles. The molecule has 0 heterocycles. The Morgan fingerprint density at radius 3 is 2.03 bits per heavy atom. The van der Waals surface area contributed by atoms with Crippen molar-refractivity contribution >= 4 is 23.3 Å².